The van der Waals surface area contributed by atoms with E-state index in [-0.39, 0.29) is 25.5 Å². The molecule has 0 unspecified atom stereocenters. The number of nitrogens with one attached hydrogen (secondary N) is 1. The molecule has 1 N–H and O–H groups in total. The molecule has 0 saturated heterocycles. The fourth-order valence-corrected chi connectivity index (χ4v) is 2.91. The molecule has 0 bridgehead atoms. The average molecular weight is 405 g/mol. The van der Waals surface area contributed by atoms with Crippen LogP contribution < -0.4 is 10.1 Å². The van der Waals surface area contributed by atoms with Crippen molar-refractivity contribution < 1.29 is 19.1 Å². The summed E-state index contributed by atoms with van der Waals surface area (Å²) in [6.07, 6.45) is 5.03. The molecule has 0 aliphatic carbocycles. The molecular formula is C23H23N3O4. The Hall–Kier alpha value is -3.74. The fourth-order valence-electron chi connectivity index (χ4n) is 2.91. The summed E-state index contributed by atoms with van der Waals surface area (Å²) in [6.45, 7) is 3.86. The maximum absolute atomic E-state index is 12.7. The highest BCUT2D eigenvalue weighted by Crippen LogP contribution is 2.32. The quantitative estimate of drug-likeness (QED) is 0.578. The minimum absolute atomic E-state index is 0.111. The first-order valence-corrected chi connectivity index (χ1v) is 9.60. The third kappa shape index (κ3) is 5.20. The number of amides is 1. The molecule has 0 aliphatic heterocycles. The third-order valence-electron chi connectivity index (χ3n) is 4.39. The van der Waals surface area contributed by atoms with E-state index in [1.807, 2.05) is 49.4 Å². The zero-order chi connectivity index (χ0) is 21.3. The standard InChI is InChI=1S/C23H23N3O4/c1-3-29-20(27)14-26-23(28)21-22(30-15-17-8-5-4-6-9-17)16(2)19(13-25-21)18-10-7-11-24-12-18/h4-13H,3,14-15H2,1-2H3,(H,26,28). The number of nitrogens with zero attached hydrogens (tertiary/aromatic N) is 2. The number of carbonyl (C=O) groups excluding carboxylic acids is 2. The number of hydrogen-bond donors (Lipinski definition) is 1. The van der Waals surface area contributed by atoms with Crippen molar-refractivity contribution in [1.29, 1.82) is 0 Å². The van der Waals surface area contributed by atoms with E-state index in [2.05, 4.69) is 15.3 Å². The zero-order valence-electron chi connectivity index (χ0n) is 16.9. The Labute approximate surface area is 175 Å². The first kappa shape index (κ1) is 21.0. The molecule has 3 aromatic rings. The van der Waals surface area contributed by atoms with Gasteiger partial charge in [-0.05, 0) is 25.5 Å². The molecule has 2 heterocycles. The van der Waals surface area contributed by atoms with Crippen molar-refractivity contribution in [2.24, 2.45) is 0 Å². The summed E-state index contributed by atoms with van der Waals surface area (Å²) in [5.41, 5.74) is 3.51. The van der Waals surface area contributed by atoms with Gasteiger partial charge in [-0.3, -0.25) is 14.6 Å². The maximum atomic E-state index is 12.7. The molecule has 7 heteroatoms. The van der Waals surface area contributed by atoms with Crippen LogP contribution in [0.4, 0.5) is 0 Å². The lowest BCUT2D eigenvalue weighted by Gasteiger charge is -2.16. The van der Waals surface area contributed by atoms with Gasteiger partial charge >= 0.3 is 5.97 Å². The smallest absolute Gasteiger partial charge is 0.325 e. The SMILES string of the molecule is CCOC(=O)CNC(=O)c1ncc(-c2cccnc2)c(C)c1OCc1ccccc1. The minimum atomic E-state index is -0.513. The lowest BCUT2D eigenvalue weighted by molar-refractivity contribution is -0.141. The molecule has 7 nitrogen and oxygen atoms in total. The van der Waals surface area contributed by atoms with Crippen molar-refractivity contribution in [1.82, 2.24) is 15.3 Å². The van der Waals surface area contributed by atoms with E-state index in [1.54, 1.807) is 25.5 Å². The third-order valence-corrected chi connectivity index (χ3v) is 4.39. The van der Waals surface area contributed by atoms with Gasteiger partial charge in [-0.2, -0.15) is 0 Å². The highest BCUT2D eigenvalue weighted by molar-refractivity contribution is 5.97. The molecule has 30 heavy (non-hydrogen) atoms. The van der Waals surface area contributed by atoms with Crippen LogP contribution in [0.1, 0.15) is 28.5 Å². The van der Waals surface area contributed by atoms with Crippen molar-refractivity contribution in [2.75, 3.05) is 13.2 Å². The van der Waals surface area contributed by atoms with E-state index in [0.717, 1.165) is 22.3 Å². The molecule has 154 valence electrons. The number of carbonyl (C=O) groups is 2. The van der Waals surface area contributed by atoms with Gasteiger partial charge in [0.2, 0.25) is 0 Å². The first-order chi connectivity index (χ1) is 14.6. The number of hydrogen-bond acceptors (Lipinski definition) is 6. The van der Waals surface area contributed by atoms with Crippen LogP contribution in [0.3, 0.4) is 0 Å². The highest BCUT2D eigenvalue weighted by atomic mass is 16.5. The summed E-state index contributed by atoms with van der Waals surface area (Å²) in [4.78, 5) is 32.8. The molecule has 1 aromatic carbocycles. The van der Waals surface area contributed by atoms with Crippen LogP contribution >= 0.6 is 0 Å². The van der Waals surface area contributed by atoms with Gasteiger partial charge in [-0.15, -0.1) is 0 Å². The Balaban J connectivity index is 1.91. The Bertz CT molecular complexity index is 1010. The van der Waals surface area contributed by atoms with E-state index in [0.29, 0.717) is 5.75 Å². The van der Waals surface area contributed by atoms with Gasteiger partial charge in [0.25, 0.3) is 5.91 Å². The van der Waals surface area contributed by atoms with Crippen molar-refractivity contribution >= 4 is 11.9 Å². The fraction of sp³-hybridized carbons (Fsp3) is 0.217. The van der Waals surface area contributed by atoms with Crippen LogP contribution in [0.5, 0.6) is 5.75 Å². The first-order valence-electron chi connectivity index (χ1n) is 9.60. The molecule has 0 saturated carbocycles. The summed E-state index contributed by atoms with van der Waals surface area (Å²) < 4.78 is 10.9. The van der Waals surface area contributed by atoms with E-state index in [1.165, 1.54) is 0 Å². The maximum Gasteiger partial charge on any atom is 0.325 e. The van der Waals surface area contributed by atoms with Gasteiger partial charge in [0.15, 0.2) is 11.4 Å². The van der Waals surface area contributed by atoms with Gasteiger partial charge in [0, 0.05) is 35.3 Å². The van der Waals surface area contributed by atoms with Crippen molar-refractivity contribution in [3.8, 4) is 16.9 Å². The number of rotatable bonds is 8. The number of ether oxygens (including phenoxy) is 2. The van der Waals surface area contributed by atoms with E-state index < -0.39 is 11.9 Å². The largest absolute Gasteiger partial charge is 0.486 e. The topological polar surface area (TPSA) is 90.4 Å². The summed E-state index contributed by atoms with van der Waals surface area (Å²) in [7, 11) is 0. The summed E-state index contributed by atoms with van der Waals surface area (Å²) in [6, 6.07) is 13.4. The molecule has 2 aromatic heterocycles. The summed E-state index contributed by atoms with van der Waals surface area (Å²) >= 11 is 0. The molecular weight excluding hydrogens is 382 g/mol. The van der Waals surface area contributed by atoms with Crippen LogP contribution in [0.25, 0.3) is 11.1 Å². The number of pyridine rings is 2. The van der Waals surface area contributed by atoms with Crippen LogP contribution in [-0.2, 0) is 16.1 Å². The van der Waals surface area contributed by atoms with E-state index in [4.69, 9.17) is 9.47 Å². The van der Waals surface area contributed by atoms with Crippen molar-refractivity contribution in [3.63, 3.8) is 0 Å². The van der Waals surface area contributed by atoms with Crippen molar-refractivity contribution in [2.45, 2.75) is 20.5 Å². The predicted molar refractivity (Wildman–Crippen MR) is 112 cm³/mol. The number of aromatic nitrogens is 2. The van der Waals surface area contributed by atoms with Crippen LogP contribution in [0.2, 0.25) is 0 Å². The Morgan fingerprint density at radius 3 is 2.57 bits per heavy atom. The molecule has 0 radical (unpaired) electrons. The van der Waals surface area contributed by atoms with Crippen molar-refractivity contribution in [3.05, 3.63) is 77.9 Å². The van der Waals surface area contributed by atoms with Gasteiger partial charge in [0.1, 0.15) is 13.2 Å². The lowest BCUT2D eigenvalue weighted by atomic mass is 10.0. The molecule has 0 spiro atoms. The van der Waals surface area contributed by atoms with Gasteiger partial charge in [0.05, 0.1) is 6.61 Å². The van der Waals surface area contributed by atoms with Gasteiger partial charge in [-0.1, -0.05) is 36.4 Å². The summed E-state index contributed by atoms with van der Waals surface area (Å²) in [5, 5.41) is 2.54. The zero-order valence-corrected chi connectivity index (χ0v) is 16.9. The molecule has 0 aliphatic rings. The predicted octanol–water partition coefficient (Wildman–Crippen LogP) is 3.32. The number of esters is 1. The second-order valence-electron chi connectivity index (χ2n) is 6.48. The van der Waals surface area contributed by atoms with Crippen LogP contribution in [-0.4, -0.2) is 35.0 Å². The van der Waals surface area contributed by atoms with E-state index >= 15 is 0 Å². The molecule has 1 amide bonds. The summed E-state index contributed by atoms with van der Waals surface area (Å²) in [5.74, 6) is -0.658. The van der Waals surface area contributed by atoms with Gasteiger partial charge in [-0.25, -0.2) is 4.98 Å². The van der Waals surface area contributed by atoms with E-state index in [9.17, 15) is 9.59 Å². The Kier molecular flexibility index (Phi) is 7.10. The Morgan fingerprint density at radius 1 is 1.07 bits per heavy atom. The molecule has 3 rings (SSSR count). The van der Waals surface area contributed by atoms with Crippen LogP contribution in [0, 0.1) is 6.92 Å². The lowest BCUT2D eigenvalue weighted by Crippen LogP contribution is -2.31. The normalized spacial score (nSPS) is 10.3. The average Bonchev–Trinajstić information content (AvgIpc) is 2.78. The minimum Gasteiger partial charge on any atom is -0.486 e. The Morgan fingerprint density at radius 2 is 1.87 bits per heavy atom. The molecule has 0 atom stereocenters. The number of benzene rings is 1. The molecule has 0 fully saturated rings. The highest BCUT2D eigenvalue weighted by Gasteiger charge is 2.21. The van der Waals surface area contributed by atoms with Crippen LogP contribution in [0.15, 0.2) is 61.1 Å². The second-order valence-corrected chi connectivity index (χ2v) is 6.48. The van der Waals surface area contributed by atoms with Gasteiger partial charge < -0.3 is 14.8 Å². The monoisotopic (exact) mass is 405 g/mol. The second kappa shape index (κ2) is 10.2.